The van der Waals surface area contributed by atoms with E-state index in [0.29, 0.717) is 0 Å². The van der Waals surface area contributed by atoms with Crippen molar-refractivity contribution in [1.29, 1.82) is 0 Å². The van der Waals surface area contributed by atoms with Gasteiger partial charge in [0, 0.05) is 25.5 Å². The molecule has 0 saturated carbocycles. The first kappa shape index (κ1) is 13.1. The third-order valence-corrected chi connectivity index (χ3v) is 2.69. The van der Waals surface area contributed by atoms with Crippen LogP contribution in [-0.4, -0.2) is 30.0 Å². The molecule has 1 heterocycles. The highest BCUT2D eigenvalue weighted by atomic mass is 15.1. The van der Waals surface area contributed by atoms with Gasteiger partial charge in [0.25, 0.3) is 0 Å². The summed E-state index contributed by atoms with van der Waals surface area (Å²) in [5.41, 5.74) is 7.16. The fraction of sp³-hybridized carbons (Fsp3) is 0.615. The normalized spacial score (nSPS) is 12.1. The van der Waals surface area contributed by atoms with Crippen molar-refractivity contribution >= 4 is 0 Å². The zero-order valence-electron chi connectivity index (χ0n) is 10.6. The van der Waals surface area contributed by atoms with E-state index in [9.17, 15) is 0 Å². The maximum absolute atomic E-state index is 5.61. The van der Waals surface area contributed by atoms with Gasteiger partial charge in [-0.05, 0) is 37.1 Å². The van der Waals surface area contributed by atoms with Crippen molar-refractivity contribution in [3.8, 4) is 0 Å². The Hall–Kier alpha value is -0.930. The van der Waals surface area contributed by atoms with Crippen molar-refractivity contribution in [3.63, 3.8) is 0 Å². The van der Waals surface area contributed by atoms with Gasteiger partial charge >= 0.3 is 0 Å². The topological polar surface area (TPSA) is 42.2 Å². The Morgan fingerprint density at radius 1 is 1.44 bits per heavy atom. The van der Waals surface area contributed by atoms with Crippen molar-refractivity contribution in [2.75, 3.05) is 20.1 Å². The fourth-order valence-corrected chi connectivity index (χ4v) is 2.06. The number of nitrogens with zero attached hydrogens (tertiary/aromatic N) is 2. The van der Waals surface area contributed by atoms with Gasteiger partial charge in [0.05, 0.1) is 0 Å². The molecule has 3 heteroatoms. The molecular weight excluding hydrogens is 198 g/mol. The van der Waals surface area contributed by atoms with Gasteiger partial charge in [-0.15, -0.1) is 0 Å². The number of nitrogens with two attached hydrogens (primary N) is 1. The molecule has 0 fully saturated rings. The summed E-state index contributed by atoms with van der Waals surface area (Å²) < 4.78 is 0. The summed E-state index contributed by atoms with van der Waals surface area (Å²) >= 11 is 0. The molecular formula is C13H23N3. The minimum absolute atomic E-state index is 0.283. The Bertz CT molecular complexity index is 295. The van der Waals surface area contributed by atoms with Crippen LogP contribution in [0.15, 0.2) is 24.5 Å². The molecule has 90 valence electrons. The summed E-state index contributed by atoms with van der Waals surface area (Å²) in [7, 11) is 2.14. The SMILES string of the molecule is CN(Cc1cccnc1)CC(C)(C)CCN. The van der Waals surface area contributed by atoms with E-state index >= 15 is 0 Å². The van der Waals surface area contributed by atoms with E-state index in [1.165, 1.54) is 5.56 Å². The maximum Gasteiger partial charge on any atom is 0.0312 e. The monoisotopic (exact) mass is 221 g/mol. The molecule has 1 aromatic rings. The molecule has 0 spiro atoms. The molecule has 0 amide bonds. The third kappa shape index (κ3) is 4.73. The van der Waals surface area contributed by atoms with Crippen LogP contribution in [0.25, 0.3) is 0 Å². The van der Waals surface area contributed by atoms with Gasteiger partial charge in [-0.2, -0.15) is 0 Å². The molecule has 0 unspecified atom stereocenters. The molecule has 0 aliphatic rings. The summed E-state index contributed by atoms with van der Waals surface area (Å²) in [6.45, 7) is 7.29. The Morgan fingerprint density at radius 3 is 2.75 bits per heavy atom. The number of pyridine rings is 1. The Balaban J connectivity index is 2.44. The van der Waals surface area contributed by atoms with E-state index in [4.69, 9.17) is 5.73 Å². The van der Waals surface area contributed by atoms with E-state index in [0.717, 1.165) is 26.1 Å². The van der Waals surface area contributed by atoms with Crippen molar-refractivity contribution in [2.45, 2.75) is 26.8 Å². The number of aromatic nitrogens is 1. The van der Waals surface area contributed by atoms with Gasteiger partial charge in [0.2, 0.25) is 0 Å². The number of hydrogen-bond acceptors (Lipinski definition) is 3. The molecule has 0 aromatic carbocycles. The van der Waals surface area contributed by atoms with Crippen LogP contribution in [0, 0.1) is 5.41 Å². The first-order valence-electron chi connectivity index (χ1n) is 5.81. The molecule has 0 aliphatic heterocycles. The van der Waals surface area contributed by atoms with E-state index in [2.05, 4.69) is 36.8 Å². The predicted molar refractivity (Wildman–Crippen MR) is 68.0 cm³/mol. The zero-order chi connectivity index (χ0) is 12.0. The lowest BCUT2D eigenvalue weighted by atomic mass is 9.89. The molecule has 2 N–H and O–H groups in total. The van der Waals surface area contributed by atoms with Gasteiger partial charge in [-0.1, -0.05) is 19.9 Å². The number of hydrogen-bond donors (Lipinski definition) is 1. The van der Waals surface area contributed by atoms with Crippen LogP contribution in [0.3, 0.4) is 0 Å². The first-order chi connectivity index (χ1) is 7.53. The van der Waals surface area contributed by atoms with Crippen LogP contribution in [0.5, 0.6) is 0 Å². The highest BCUT2D eigenvalue weighted by Crippen LogP contribution is 2.21. The summed E-state index contributed by atoms with van der Waals surface area (Å²) in [6.07, 6.45) is 4.79. The predicted octanol–water partition coefficient (Wildman–Crippen LogP) is 1.89. The van der Waals surface area contributed by atoms with E-state index in [-0.39, 0.29) is 5.41 Å². The smallest absolute Gasteiger partial charge is 0.0312 e. The Kier molecular flexibility index (Phi) is 4.90. The van der Waals surface area contributed by atoms with Crippen LogP contribution in [0.4, 0.5) is 0 Å². The quantitative estimate of drug-likeness (QED) is 0.797. The lowest BCUT2D eigenvalue weighted by Gasteiger charge is -2.29. The summed E-state index contributed by atoms with van der Waals surface area (Å²) in [5, 5.41) is 0. The van der Waals surface area contributed by atoms with Gasteiger partial charge in [0.15, 0.2) is 0 Å². The van der Waals surface area contributed by atoms with Gasteiger partial charge in [-0.25, -0.2) is 0 Å². The van der Waals surface area contributed by atoms with Gasteiger partial charge < -0.3 is 10.6 Å². The van der Waals surface area contributed by atoms with Crippen LogP contribution in [-0.2, 0) is 6.54 Å². The van der Waals surface area contributed by atoms with Gasteiger partial charge in [0.1, 0.15) is 0 Å². The molecule has 1 aromatic heterocycles. The van der Waals surface area contributed by atoms with Crippen molar-refractivity contribution in [1.82, 2.24) is 9.88 Å². The second kappa shape index (κ2) is 5.97. The second-order valence-corrected chi connectivity index (χ2v) is 5.24. The van der Waals surface area contributed by atoms with E-state index in [1.807, 2.05) is 18.5 Å². The molecule has 0 atom stereocenters. The molecule has 0 aliphatic carbocycles. The summed E-state index contributed by atoms with van der Waals surface area (Å²) in [6, 6.07) is 4.09. The van der Waals surface area contributed by atoms with Crippen LogP contribution >= 0.6 is 0 Å². The molecule has 3 nitrogen and oxygen atoms in total. The maximum atomic E-state index is 5.61. The van der Waals surface area contributed by atoms with Crippen LogP contribution in [0.2, 0.25) is 0 Å². The number of rotatable bonds is 6. The minimum atomic E-state index is 0.283. The van der Waals surface area contributed by atoms with Crippen molar-refractivity contribution in [2.24, 2.45) is 11.1 Å². The Morgan fingerprint density at radius 2 is 2.19 bits per heavy atom. The average Bonchev–Trinajstić information content (AvgIpc) is 2.17. The minimum Gasteiger partial charge on any atom is -0.330 e. The average molecular weight is 221 g/mol. The molecule has 1 rings (SSSR count). The standard InChI is InChI=1S/C13H23N3/c1-13(2,6-7-14)11-16(3)10-12-5-4-8-15-9-12/h4-5,8-9H,6-7,10-11,14H2,1-3H3. The molecule has 16 heavy (non-hydrogen) atoms. The largest absolute Gasteiger partial charge is 0.330 e. The molecule has 0 saturated heterocycles. The van der Waals surface area contributed by atoms with Crippen molar-refractivity contribution < 1.29 is 0 Å². The summed E-state index contributed by atoms with van der Waals surface area (Å²) in [5.74, 6) is 0. The third-order valence-electron chi connectivity index (χ3n) is 2.69. The molecule has 0 bridgehead atoms. The van der Waals surface area contributed by atoms with E-state index in [1.54, 1.807) is 0 Å². The fourth-order valence-electron chi connectivity index (χ4n) is 2.06. The summed E-state index contributed by atoms with van der Waals surface area (Å²) in [4.78, 5) is 6.45. The van der Waals surface area contributed by atoms with E-state index < -0.39 is 0 Å². The highest BCUT2D eigenvalue weighted by Gasteiger charge is 2.18. The first-order valence-corrected chi connectivity index (χ1v) is 5.81. The van der Waals surface area contributed by atoms with Gasteiger partial charge in [-0.3, -0.25) is 4.98 Å². The lowest BCUT2D eigenvalue weighted by Crippen LogP contribution is -2.32. The Labute approximate surface area is 98.7 Å². The van der Waals surface area contributed by atoms with Crippen LogP contribution < -0.4 is 5.73 Å². The van der Waals surface area contributed by atoms with Crippen molar-refractivity contribution in [3.05, 3.63) is 30.1 Å². The zero-order valence-corrected chi connectivity index (χ0v) is 10.6. The lowest BCUT2D eigenvalue weighted by molar-refractivity contribution is 0.195. The second-order valence-electron chi connectivity index (χ2n) is 5.24. The highest BCUT2D eigenvalue weighted by molar-refractivity contribution is 5.07. The van der Waals surface area contributed by atoms with Crippen LogP contribution in [0.1, 0.15) is 25.8 Å². The molecule has 0 radical (unpaired) electrons.